The van der Waals surface area contributed by atoms with Crippen molar-refractivity contribution in [3.05, 3.63) is 35.4 Å². The van der Waals surface area contributed by atoms with Gasteiger partial charge in [0.25, 0.3) is 5.91 Å². The number of carbonyl (C=O) groups excluding carboxylic acids is 1. The second kappa shape index (κ2) is 6.67. The van der Waals surface area contributed by atoms with Gasteiger partial charge < -0.3 is 5.11 Å². The molecule has 1 aromatic rings. The normalized spacial score (nSPS) is 20.2. The third-order valence-electron chi connectivity index (χ3n) is 5.11. The summed E-state index contributed by atoms with van der Waals surface area (Å²) in [7, 11) is 0. The molecule has 1 N–H and O–H groups in total. The summed E-state index contributed by atoms with van der Waals surface area (Å²) in [4.78, 5) is 31.1. The minimum atomic E-state index is -0.989. The fraction of sp³-hybridized carbons (Fsp3) is 0.474. The zero-order valence-electron chi connectivity index (χ0n) is 14.2. The molecule has 1 aromatic carbocycles. The number of aliphatic imine (C=N–C) groups is 1. The average Bonchev–Trinajstić information content (AvgIpc) is 2.89. The largest absolute Gasteiger partial charge is 0.480 e. The topological polar surface area (TPSA) is 93.8 Å². The molecule has 0 bridgehead atoms. The Hall–Kier alpha value is -2.68. The maximum atomic E-state index is 13.1. The number of carbonyl (C=O) groups is 2. The van der Waals surface area contributed by atoms with Gasteiger partial charge in [-0.3, -0.25) is 14.7 Å². The first-order valence-electron chi connectivity index (χ1n) is 8.69. The van der Waals surface area contributed by atoms with E-state index < -0.39 is 17.7 Å². The van der Waals surface area contributed by atoms with E-state index in [9.17, 15) is 14.7 Å². The van der Waals surface area contributed by atoms with Crippen LogP contribution in [0.2, 0.25) is 0 Å². The standard InChI is InChI=1S/C19H21N3O3/c1-2-15(18(24)25)22-17(23)16(14-8-6-13(12-20)7-9-14)21-19(22)10-4-3-5-11-19/h6-9,15H,2-5,10-11H2,1H3,(H,24,25). The highest BCUT2D eigenvalue weighted by Crippen LogP contribution is 2.41. The molecule has 1 amide bonds. The Morgan fingerprint density at radius 1 is 1.32 bits per heavy atom. The molecular formula is C19H21N3O3. The van der Waals surface area contributed by atoms with Crippen molar-refractivity contribution < 1.29 is 14.7 Å². The van der Waals surface area contributed by atoms with Crippen molar-refractivity contribution in [3.8, 4) is 6.07 Å². The smallest absolute Gasteiger partial charge is 0.326 e. The molecule has 1 heterocycles. The molecule has 25 heavy (non-hydrogen) atoms. The van der Waals surface area contributed by atoms with Gasteiger partial charge in [0.05, 0.1) is 11.6 Å². The molecule has 1 unspecified atom stereocenters. The van der Waals surface area contributed by atoms with Crippen molar-refractivity contribution >= 4 is 17.6 Å². The third-order valence-corrected chi connectivity index (χ3v) is 5.11. The lowest BCUT2D eigenvalue weighted by Crippen LogP contribution is -2.55. The third kappa shape index (κ3) is 2.91. The number of hydrogen-bond donors (Lipinski definition) is 1. The van der Waals surface area contributed by atoms with Gasteiger partial charge in [-0.1, -0.05) is 25.5 Å². The zero-order valence-corrected chi connectivity index (χ0v) is 14.2. The summed E-state index contributed by atoms with van der Waals surface area (Å²) >= 11 is 0. The SMILES string of the molecule is CCC(C(=O)O)N1C(=O)C(c2ccc(C#N)cc2)=NC12CCCCC2. The van der Waals surface area contributed by atoms with Gasteiger partial charge in [-0.05, 0) is 44.2 Å². The molecule has 130 valence electrons. The summed E-state index contributed by atoms with van der Waals surface area (Å²) in [6.45, 7) is 1.78. The number of aliphatic carboxylic acids is 1. The van der Waals surface area contributed by atoms with E-state index in [2.05, 4.69) is 6.07 Å². The first-order valence-corrected chi connectivity index (χ1v) is 8.69. The van der Waals surface area contributed by atoms with E-state index in [1.807, 2.05) is 0 Å². The van der Waals surface area contributed by atoms with Gasteiger partial charge in [0.1, 0.15) is 17.4 Å². The minimum Gasteiger partial charge on any atom is -0.480 e. The predicted molar refractivity (Wildman–Crippen MR) is 92.1 cm³/mol. The van der Waals surface area contributed by atoms with Crippen LogP contribution >= 0.6 is 0 Å². The van der Waals surface area contributed by atoms with Gasteiger partial charge >= 0.3 is 5.97 Å². The van der Waals surface area contributed by atoms with Crippen LogP contribution < -0.4 is 0 Å². The van der Waals surface area contributed by atoms with Crippen LogP contribution in [0.3, 0.4) is 0 Å². The number of nitrogens with zero attached hydrogens (tertiary/aromatic N) is 3. The Morgan fingerprint density at radius 2 is 1.96 bits per heavy atom. The Balaban J connectivity index is 2.04. The molecule has 0 saturated heterocycles. The van der Waals surface area contributed by atoms with E-state index in [4.69, 9.17) is 10.3 Å². The molecule has 6 heteroatoms. The van der Waals surface area contributed by atoms with Crippen molar-refractivity contribution in [2.45, 2.75) is 57.2 Å². The highest BCUT2D eigenvalue weighted by Gasteiger charge is 2.51. The monoisotopic (exact) mass is 339 g/mol. The lowest BCUT2D eigenvalue weighted by Gasteiger charge is -2.41. The fourth-order valence-corrected chi connectivity index (χ4v) is 3.87. The van der Waals surface area contributed by atoms with Crippen molar-refractivity contribution in [1.29, 1.82) is 5.26 Å². The van der Waals surface area contributed by atoms with Gasteiger partial charge in [-0.15, -0.1) is 0 Å². The Labute approximate surface area is 146 Å². The number of hydrogen-bond acceptors (Lipinski definition) is 4. The molecule has 0 radical (unpaired) electrons. The highest BCUT2D eigenvalue weighted by atomic mass is 16.4. The molecule has 1 fully saturated rings. The maximum Gasteiger partial charge on any atom is 0.326 e. The average molecular weight is 339 g/mol. The number of amides is 1. The van der Waals surface area contributed by atoms with Crippen LogP contribution in [0.1, 0.15) is 56.6 Å². The lowest BCUT2D eigenvalue weighted by atomic mass is 9.87. The fourth-order valence-electron chi connectivity index (χ4n) is 3.87. The van der Waals surface area contributed by atoms with E-state index in [0.29, 0.717) is 36.1 Å². The molecule has 1 atom stereocenters. The van der Waals surface area contributed by atoms with Crippen LogP contribution in [0.5, 0.6) is 0 Å². The molecule has 3 rings (SSSR count). The lowest BCUT2D eigenvalue weighted by molar-refractivity contribution is -0.153. The number of carboxylic acids is 1. The second-order valence-corrected chi connectivity index (χ2v) is 6.63. The summed E-state index contributed by atoms with van der Waals surface area (Å²) in [5.74, 6) is -1.31. The van der Waals surface area contributed by atoms with Crippen molar-refractivity contribution in [1.82, 2.24) is 4.90 Å². The summed E-state index contributed by atoms with van der Waals surface area (Å²) in [6, 6.07) is 7.89. The van der Waals surface area contributed by atoms with E-state index in [1.165, 1.54) is 4.90 Å². The van der Waals surface area contributed by atoms with E-state index in [1.54, 1.807) is 31.2 Å². The van der Waals surface area contributed by atoms with Crippen LogP contribution in [0, 0.1) is 11.3 Å². The number of nitriles is 1. The highest BCUT2D eigenvalue weighted by molar-refractivity contribution is 6.47. The molecule has 1 aliphatic carbocycles. The Kier molecular flexibility index (Phi) is 4.58. The summed E-state index contributed by atoms with van der Waals surface area (Å²) < 4.78 is 0. The van der Waals surface area contributed by atoms with Crippen LogP contribution in [-0.2, 0) is 9.59 Å². The Bertz CT molecular complexity index is 755. The van der Waals surface area contributed by atoms with Crippen LogP contribution in [-0.4, -0.2) is 39.3 Å². The van der Waals surface area contributed by atoms with Crippen LogP contribution in [0.15, 0.2) is 29.3 Å². The molecule has 1 aliphatic heterocycles. The molecule has 2 aliphatic rings. The molecule has 0 aromatic heterocycles. The van der Waals surface area contributed by atoms with Crippen molar-refractivity contribution in [2.24, 2.45) is 4.99 Å². The predicted octanol–water partition coefficient (Wildman–Crippen LogP) is 2.71. The number of benzene rings is 1. The first kappa shape index (κ1) is 17.2. The van der Waals surface area contributed by atoms with Gasteiger partial charge in [0, 0.05) is 5.56 Å². The van der Waals surface area contributed by atoms with E-state index in [0.717, 1.165) is 19.3 Å². The summed E-state index contributed by atoms with van der Waals surface area (Å²) in [6.07, 6.45) is 4.69. The van der Waals surface area contributed by atoms with Gasteiger partial charge in [-0.2, -0.15) is 5.26 Å². The summed E-state index contributed by atoms with van der Waals surface area (Å²) in [5.41, 5.74) is 0.719. The van der Waals surface area contributed by atoms with Gasteiger partial charge in [0.2, 0.25) is 0 Å². The Morgan fingerprint density at radius 3 is 2.48 bits per heavy atom. The quantitative estimate of drug-likeness (QED) is 0.912. The van der Waals surface area contributed by atoms with Gasteiger partial charge in [-0.25, -0.2) is 4.79 Å². The van der Waals surface area contributed by atoms with Gasteiger partial charge in [0.15, 0.2) is 0 Å². The van der Waals surface area contributed by atoms with E-state index >= 15 is 0 Å². The molecule has 1 spiro atoms. The minimum absolute atomic E-state index is 0.311. The van der Waals surface area contributed by atoms with Crippen LogP contribution in [0.4, 0.5) is 0 Å². The zero-order chi connectivity index (χ0) is 18.0. The number of rotatable bonds is 4. The first-order chi connectivity index (χ1) is 12.0. The van der Waals surface area contributed by atoms with E-state index in [-0.39, 0.29) is 5.91 Å². The second-order valence-electron chi connectivity index (χ2n) is 6.63. The number of carboxylic acid groups (broad SMARTS) is 1. The molecular weight excluding hydrogens is 318 g/mol. The summed E-state index contributed by atoms with van der Waals surface area (Å²) in [5, 5.41) is 18.5. The maximum absolute atomic E-state index is 13.1. The van der Waals surface area contributed by atoms with Crippen molar-refractivity contribution in [2.75, 3.05) is 0 Å². The molecule has 1 saturated carbocycles. The molecule has 6 nitrogen and oxygen atoms in total. The van der Waals surface area contributed by atoms with Crippen LogP contribution in [0.25, 0.3) is 0 Å². The van der Waals surface area contributed by atoms with Crippen molar-refractivity contribution in [3.63, 3.8) is 0 Å².